The Morgan fingerprint density at radius 2 is 1.94 bits per heavy atom. The van der Waals surface area contributed by atoms with Gasteiger partial charge >= 0.3 is 5.91 Å². The molecule has 8 heteroatoms. The third-order valence-corrected chi connectivity index (χ3v) is 4.66. The van der Waals surface area contributed by atoms with Crippen LogP contribution in [0.25, 0.3) is 0 Å². The van der Waals surface area contributed by atoms with Gasteiger partial charge in [0.25, 0.3) is 5.91 Å². The van der Waals surface area contributed by atoms with E-state index < -0.39 is 12.0 Å². The summed E-state index contributed by atoms with van der Waals surface area (Å²) in [5.41, 5.74) is 5.17. The van der Waals surface area contributed by atoms with Crippen molar-refractivity contribution in [2.75, 3.05) is 5.32 Å². The fourth-order valence-corrected chi connectivity index (χ4v) is 2.94. The number of amides is 2. The minimum Gasteiger partial charge on any atom is -0.481 e. The van der Waals surface area contributed by atoms with Crippen LogP contribution < -0.4 is 15.5 Å². The van der Waals surface area contributed by atoms with Crippen LogP contribution >= 0.6 is 11.6 Å². The highest BCUT2D eigenvalue weighted by Crippen LogP contribution is 2.23. The van der Waals surface area contributed by atoms with E-state index in [2.05, 4.69) is 15.8 Å². The molecule has 1 heterocycles. The second kappa shape index (κ2) is 9.95. The molecule has 0 spiro atoms. The van der Waals surface area contributed by atoms with Gasteiger partial charge in [0.1, 0.15) is 5.75 Å². The number of hydrazone groups is 1. The minimum absolute atomic E-state index is 0.169. The summed E-state index contributed by atoms with van der Waals surface area (Å²) in [4.78, 5) is 24.5. The molecule has 160 valence electrons. The Morgan fingerprint density at radius 3 is 2.65 bits per heavy atom. The van der Waals surface area contributed by atoms with Gasteiger partial charge in [-0.25, -0.2) is 5.43 Å². The maximum atomic E-state index is 12.6. The molecular weight excluding hydrogens is 418 g/mol. The molecule has 0 radical (unpaired) electrons. The summed E-state index contributed by atoms with van der Waals surface area (Å²) in [6.07, 6.45) is 0.697. The van der Waals surface area contributed by atoms with E-state index in [1.807, 2.05) is 13.0 Å². The monoisotopic (exact) mass is 439 g/mol. The van der Waals surface area contributed by atoms with Crippen molar-refractivity contribution in [1.29, 1.82) is 0 Å². The highest BCUT2D eigenvalue weighted by molar-refractivity contribution is 6.30. The number of furan rings is 1. The number of carbonyl (C=O) groups is 2. The molecule has 0 bridgehead atoms. The number of aryl methyl sites for hydroxylation is 1. The van der Waals surface area contributed by atoms with Gasteiger partial charge in [-0.15, -0.1) is 0 Å². The van der Waals surface area contributed by atoms with Crippen LogP contribution in [0.4, 0.5) is 5.69 Å². The predicted molar refractivity (Wildman–Crippen MR) is 120 cm³/mol. The standard InChI is InChI=1S/C23H22ClN3O4/c1-14-12-18(24)9-10-20(14)31-16(3)22(28)25-19-7-4-6-17(13-19)15(2)26-27-23(29)21-8-5-11-30-21/h4-13,16H,1-3H3,(H,25,28)(H,27,29)/b26-15-/t16-/m0/s1. The maximum Gasteiger partial charge on any atom is 0.307 e. The number of halogens is 1. The van der Waals surface area contributed by atoms with Crippen molar-refractivity contribution in [3.05, 3.63) is 82.8 Å². The first-order chi connectivity index (χ1) is 14.8. The summed E-state index contributed by atoms with van der Waals surface area (Å²) in [6.45, 7) is 5.28. The molecule has 0 aliphatic heterocycles. The first-order valence-electron chi connectivity index (χ1n) is 9.55. The summed E-state index contributed by atoms with van der Waals surface area (Å²) in [5, 5.41) is 7.52. The lowest BCUT2D eigenvalue weighted by molar-refractivity contribution is -0.122. The van der Waals surface area contributed by atoms with Gasteiger partial charge in [0.2, 0.25) is 0 Å². The number of nitrogens with zero attached hydrogens (tertiary/aromatic N) is 1. The van der Waals surface area contributed by atoms with Crippen LogP contribution in [-0.4, -0.2) is 23.6 Å². The predicted octanol–water partition coefficient (Wildman–Crippen LogP) is 4.80. The third-order valence-electron chi connectivity index (χ3n) is 4.43. The number of anilines is 1. The SMILES string of the molecule is C/C(=N/NC(=O)c1ccco1)c1cccc(NC(=O)[C@H](C)Oc2ccc(Cl)cc2C)c1. The Bertz CT molecular complexity index is 1110. The smallest absolute Gasteiger partial charge is 0.307 e. The molecule has 0 aliphatic carbocycles. The molecule has 2 aromatic carbocycles. The molecule has 2 amide bonds. The summed E-state index contributed by atoms with van der Waals surface area (Å²) in [5.74, 6) is 0.0167. The van der Waals surface area contributed by atoms with E-state index in [0.29, 0.717) is 22.2 Å². The Kier molecular flexibility index (Phi) is 7.10. The molecule has 31 heavy (non-hydrogen) atoms. The van der Waals surface area contributed by atoms with Gasteiger partial charge < -0.3 is 14.5 Å². The van der Waals surface area contributed by atoms with Crippen molar-refractivity contribution in [2.45, 2.75) is 26.9 Å². The number of hydrogen-bond donors (Lipinski definition) is 2. The Morgan fingerprint density at radius 1 is 1.13 bits per heavy atom. The molecule has 0 saturated heterocycles. The fourth-order valence-electron chi connectivity index (χ4n) is 2.72. The number of carbonyl (C=O) groups excluding carboxylic acids is 2. The van der Waals surface area contributed by atoms with E-state index in [9.17, 15) is 9.59 Å². The number of ether oxygens (including phenoxy) is 1. The average Bonchev–Trinajstić information content (AvgIpc) is 3.29. The molecule has 0 fully saturated rings. The number of rotatable bonds is 7. The Balaban J connectivity index is 1.63. The van der Waals surface area contributed by atoms with Crippen molar-refractivity contribution in [2.24, 2.45) is 5.10 Å². The fraction of sp³-hybridized carbons (Fsp3) is 0.174. The van der Waals surface area contributed by atoms with Gasteiger partial charge in [0.15, 0.2) is 11.9 Å². The number of benzene rings is 2. The largest absolute Gasteiger partial charge is 0.481 e. The van der Waals surface area contributed by atoms with Crippen LogP contribution in [0.5, 0.6) is 5.75 Å². The van der Waals surface area contributed by atoms with Gasteiger partial charge in [-0.2, -0.15) is 5.10 Å². The second-order valence-electron chi connectivity index (χ2n) is 6.86. The van der Waals surface area contributed by atoms with E-state index in [0.717, 1.165) is 11.1 Å². The lowest BCUT2D eigenvalue weighted by Crippen LogP contribution is -2.30. The van der Waals surface area contributed by atoms with Gasteiger partial charge in [0.05, 0.1) is 12.0 Å². The summed E-state index contributed by atoms with van der Waals surface area (Å²) < 4.78 is 10.8. The normalized spacial score (nSPS) is 12.2. The number of hydrogen-bond acceptors (Lipinski definition) is 5. The Hall–Kier alpha value is -3.58. The van der Waals surface area contributed by atoms with Crippen molar-refractivity contribution in [3.63, 3.8) is 0 Å². The van der Waals surface area contributed by atoms with Gasteiger partial charge in [-0.05, 0) is 74.4 Å². The van der Waals surface area contributed by atoms with Crippen LogP contribution in [0.1, 0.15) is 35.5 Å². The van der Waals surface area contributed by atoms with Crippen LogP contribution in [0.15, 0.2) is 70.4 Å². The average molecular weight is 440 g/mol. The molecule has 2 N–H and O–H groups in total. The zero-order chi connectivity index (χ0) is 22.4. The van der Waals surface area contributed by atoms with Gasteiger partial charge in [-0.3, -0.25) is 9.59 Å². The zero-order valence-corrected chi connectivity index (χ0v) is 18.1. The first-order valence-corrected chi connectivity index (χ1v) is 9.93. The van der Waals surface area contributed by atoms with Crippen molar-refractivity contribution >= 4 is 34.8 Å². The van der Waals surface area contributed by atoms with Gasteiger partial charge in [0, 0.05) is 10.7 Å². The highest BCUT2D eigenvalue weighted by atomic mass is 35.5. The first kappa shape index (κ1) is 22.1. The van der Waals surface area contributed by atoms with Crippen LogP contribution in [0.3, 0.4) is 0 Å². The molecule has 0 unspecified atom stereocenters. The quantitative estimate of drug-likeness (QED) is 0.408. The van der Waals surface area contributed by atoms with E-state index in [-0.39, 0.29) is 11.7 Å². The molecule has 1 atom stereocenters. The lowest BCUT2D eigenvalue weighted by Gasteiger charge is -2.16. The van der Waals surface area contributed by atoms with Crippen LogP contribution in [0.2, 0.25) is 5.02 Å². The summed E-state index contributed by atoms with van der Waals surface area (Å²) >= 11 is 5.96. The molecule has 0 saturated carbocycles. The Labute approximate surface area is 185 Å². The zero-order valence-electron chi connectivity index (χ0n) is 17.3. The molecule has 7 nitrogen and oxygen atoms in total. The highest BCUT2D eigenvalue weighted by Gasteiger charge is 2.16. The maximum absolute atomic E-state index is 12.6. The van der Waals surface area contributed by atoms with E-state index in [4.69, 9.17) is 20.8 Å². The van der Waals surface area contributed by atoms with E-state index in [1.54, 1.807) is 62.4 Å². The van der Waals surface area contributed by atoms with E-state index in [1.165, 1.54) is 6.26 Å². The lowest BCUT2D eigenvalue weighted by atomic mass is 10.1. The third kappa shape index (κ3) is 5.96. The van der Waals surface area contributed by atoms with Crippen molar-refractivity contribution in [3.8, 4) is 5.75 Å². The summed E-state index contributed by atoms with van der Waals surface area (Å²) in [7, 11) is 0. The van der Waals surface area contributed by atoms with Crippen LogP contribution in [-0.2, 0) is 4.79 Å². The topological polar surface area (TPSA) is 92.9 Å². The van der Waals surface area contributed by atoms with Gasteiger partial charge in [-0.1, -0.05) is 23.7 Å². The molecule has 3 aromatic rings. The second-order valence-corrected chi connectivity index (χ2v) is 7.29. The van der Waals surface area contributed by atoms with Crippen LogP contribution in [0, 0.1) is 6.92 Å². The molecular formula is C23H22ClN3O4. The summed E-state index contributed by atoms with van der Waals surface area (Å²) in [6, 6.07) is 15.5. The number of nitrogens with one attached hydrogen (secondary N) is 2. The van der Waals surface area contributed by atoms with E-state index >= 15 is 0 Å². The van der Waals surface area contributed by atoms with Crippen molar-refractivity contribution < 1.29 is 18.7 Å². The minimum atomic E-state index is -0.717. The molecule has 0 aliphatic rings. The molecule has 3 rings (SSSR count). The van der Waals surface area contributed by atoms with Crippen molar-refractivity contribution in [1.82, 2.24) is 5.43 Å². The molecule has 1 aromatic heterocycles.